The van der Waals surface area contributed by atoms with E-state index in [-0.39, 0.29) is 23.2 Å². The summed E-state index contributed by atoms with van der Waals surface area (Å²) < 4.78 is 9.86. The van der Waals surface area contributed by atoms with Gasteiger partial charge in [0.05, 0.1) is 6.61 Å². The first-order valence-electron chi connectivity index (χ1n) is 4.00. The summed E-state index contributed by atoms with van der Waals surface area (Å²) in [5, 5.41) is 0. The maximum atomic E-state index is 10.8. The molecule has 4 heteroatoms. The molecule has 0 bridgehead atoms. The highest BCUT2D eigenvalue weighted by Crippen LogP contribution is 1.95. The van der Waals surface area contributed by atoms with E-state index in [0.29, 0.717) is 12.2 Å². The molecule has 0 aromatic rings. The van der Waals surface area contributed by atoms with Crippen LogP contribution in [0.3, 0.4) is 0 Å². The molecule has 3 nitrogen and oxygen atoms in total. The molecule has 0 N–H and O–H groups in total. The second-order valence-electron chi connectivity index (χ2n) is 2.62. The van der Waals surface area contributed by atoms with E-state index in [1.807, 2.05) is 0 Å². The second kappa shape index (κ2) is 9.47. The zero-order chi connectivity index (χ0) is 9.40. The molecule has 78 valence electrons. The van der Waals surface area contributed by atoms with Crippen LogP contribution in [0.15, 0.2) is 12.2 Å². The summed E-state index contributed by atoms with van der Waals surface area (Å²) in [7, 11) is 1.36. The van der Waals surface area contributed by atoms with Crippen LogP contribution < -0.4 is 0 Å². The molecule has 0 saturated heterocycles. The molecule has 0 rings (SSSR count). The lowest BCUT2D eigenvalue weighted by atomic mass is 10.4. The van der Waals surface area contributed by atoms with Gasteiger partial charge in [0, 0.05) is 12.7 Å². The molecule has 0 heterocycles. The molecule has 0 aliphatic heterocycles. The van der Waals surface area contributed by atoms with Crippen molar-refractivity contribution in [2.24, 2.45) is 0 Å². The SMILES string of the molecule is C.C=C(C)C(=O)OCCC[SiH2]OC. The summed E-state index contributed by atoms with van der Waals surface area (Å²) in [6.45, 7) is 5.61. The molecule has 0 spiro atoms. The van der Waals surface area contributed by atoms with Crippen LogP contribution in [0.25, 0.3) is 0 Å². The molecule has 0 saturated carbocycles. The predicted molar refractivity (Wildman–Crippen MR) is 57.5 cm³/mol. The lowest BCUT2D eigenvalue weighted by Gasteiger charge is -2.02. The summed E-state index contributed by atoms with van der Waals surface area (Å²) in [5.41, 5.74) is 0.457. The number of hydrogen-bond donors (Lipinski definition) is 0. The van der Waals surface area contributed by atoms with Gasteiger partial charge in [0.2, 0.25) is 0 Å². The average Bonchev–Trinajstić information content (AvgIpc) is 2.03. The second-order valence-corrected chi connectivity index (χ2v) is 4.31. The van der Waals surface area contributed by atoms with Crippen molar-refractivity contribution in [2.45, 2.75) is 26.8 Å². The van der Waals surface area contributed by atoms with Crippen LogP contribution in [0.4, 0.5) is 0 Å². The van der Waals surface area contributed by atoms with Crippen LogP contribution >= 0.6 is 0 Å². The Bertz CT molecular complexity index is 157. The van der Waals surface area contributed by atoms with E-state index in [4.69, 9.17) is 9.16 Å². The van der Waals surface area contributed by atoms with E-state index in [1.165, 1.54) is 0 Å². The maximum Gasteiger partial charge on any atom is 0.333 e. The topological polar surface area (TPSA) is 35.5 Å². The monoisotopic (exact) mass is 204 g/mol. The first-order valence-corrected chi connectivity index (χ1v) is 5.57. The number of ether oxygens (including phenoxy) is 1. The molecule has 0 aromatic heterocycles. The highest BCUT2D eigenvalue weighted by Gasteiger charge is 2.01. The lowest BCUT2D eigenvalue weighted by Crippen LogP contribution is -2.07. The Labute approximate surface area is 83.1 Å². The van der Waals surface area contributed by atoms with Crippen molar-refractivity contribution in [1.29, 1.82) is 0 Å². The largest absolute Gasteiger partial charge is 0.462 e. The average molecular weight is 204 g/mol. The standard InChI is InChI=1S/C8H16O3Si.CH4/c1-7(2)8(9)11-5-4-6-12-10-3;/h1,4-6,12H2,2-3H3;1H4. The highest BCUT2D eigenvalue weighted by atomic mass is 28.2. The van der Waals surface area contributed by atoms with E-state index < -0.39 is 0 Å². The lowest BCUT2D eigenvalue weighted by molar-refractivity contribution is -0.138. The van der Waals surface area contributed by atoms with Crippen LogP contribution in [0.5, 0.6) is 0 Å². The molecule has 0 atom stereocenters. The summed E-state index contributed by atoms with van der Waals surface area (Å²) in [4.78, 5) is 10.8. The van der Waals surface area contributed by atoms with Gasteiger partial charge in [0.15, 0.2) is 9.76 Å². The Kier molecular flexibility index (Phi) is 10.8. The third kappa shape index (κ3) is 9.30. The van der Waals surface area contributed by atoms with Gasteiger partial charge in [0.25, 0.3) is 0 Å². The molecule has 0 amide bonds. The van der Waals surface area contributed by atoms with Crippen molar-refractivity contribution in [2.75, 3.05) is 13.7 Å². The molecule has 13 heavy (non-hydrogen) atoms. The van der Waals surface area contributed by atoms with E-state index in [2.05, 4.69) is 6.58 Å². The van der Waals surface area contributed by atoms with Crippen LogP contribution in [0, 0.1) is 0 Å². The summed E-state index contributed by atoms with van der Waals surface area (Å²) in [6, 6.07) is 1.06. The Hall–Kier alpha value is -0.613. The van der Waals surface area contributed by atoms with Crippen molar-refractivity contribution < 1.29 is 14.0 Å². The van der Waals surface area contributed by atoms with Crippen molar-refractivity contribution >= 4 is 15.7 Å². The first-order chi connectivity index (χ1) is 5.68. The fourth-order valence-corrected chi connectivity index (χ4v) is 1.33. The quantitative estimate of drug-likeness (QED) is 0.283. The fraction of sp³-hybridized carbons (Fsp3) is 0.667. The molecule has 0 aromatic carbocycles. The minimum absolute atomic E-state index is 0. The minimum atomic E-state index is -0.356. The van der Waals surface area contributed by atoms with Gasteiger partial charge in [0.1, 0.15) is 0 Å². The highest BCUT2D eigenvalue weighted by molar-refractivity contribution is 6.26. The Morgan fingerprint density at radius 3 is 2.62 bits per heavy atom. The van der Waals surface area contributed by atoms with Crippen LogP contribution in [-0.4, -0.2) is 29.4 Å². The number of esters is 1. The third-order valence-corrected chi connectivity index (χ3v) is 2.52. The molecule has 0 aliphatic rings. The van der Waals surface area contributed by atoms with Gasteiger partial charge in [-0.1, -0.05) is 14.0 Å². The van der Waals surface area contributed by atoms with Gasteiger partial charge in [-0.15, -0.1) is 0 Å². The van der Waals surface area contributed by atoms with Crippen LogP contribution in [-0.2, 0) is 14.0 Å². The van der Waals surface area contributed by atoms with E-state index in [1.54, 1.807) is 14.0 Å². The molecule has 0 unspecified atom stereocenters. The van der Waals surface area contributed by atoms with E-state index in [9.17, 15) is 4.79 Å². The predicted octanol–water partition coefficient (Wildman–Crippen LogP) is 1.28. The normalized spacial score (nSPS) is 9.69. The molecule has 0 radical (unpaired) electrons. The molecule has 0 aliphatic carbocycles. The number of hydrogen-bond acceptors (Lipinski definition) is 3. The van der Waals surface area contributed by atoms with Gasteiger partial charge in [-0.3, -0.25) is 0 Å². The molecular formula is C9H20O3Si. The Morgan fingerprint density at radius 1 is 1.54 bits per heavy atom. The zero-order valence-corrected chi connectivity index (χ0v) is 9.17. The van der Waals surface area contributed by atoms with Crippen LogP contribution in [0.2, 0.25) is 6.04 Å². The first kappa shape index (κ1) is 14.9. The minimum Gasteiger partial charge on any atom is -0.462 e. The number of rotatable bonds is 6. The molecular weight excluding hydrogens is 184 g/mol. The summed E-state index contributed by atoms with van der Waals surface area (Å²) >= 11 is 0. The van der Waals surface area contributed by atoms with Crippen molar-refractivity contribution in [3.8, 4) is 0 Å². The maximum absolute atomic E-state index is 10.8. The number of carbonyl (C=O) groups is 1. The smallest absolute Gasteiger partial charge is 0.333 e. The van der Waals surface area contributed by atoms with Gasteiger partial charge in [-0.25, -0.2) is 4.79 Å². The Morgan fingerprint density at radius 2 is 2.15 bits per heavy atom. The van der Waals surface area contributed by atoms with Gasteiger partial charge >= 0.3 is 5.97 Å². The van der Waals surface area contributed by atoms with Crippen molar-refractivity contribution in [1.82, 2.24) is 0 Å². The zero-order valence-electron chi connectivity index (χ0n) is 7.76. The Balaban J connectivity index is 0. The van der Waals surface area contributed by atoms with E-state index >= 15 is 0 Å². The van der Waals surface area contributed by atoms with Gasteiger partial charge in [-0.2, -0.15) is 0 Å². The fourth-order valence-electron chi connectivity index (χ4n) is 0.637. The van der Waals surface area contributed by atoms with Crippen molar-refractivity contribution in [3.63, 3.8) is 0 Å². The van der Waals surface area contributed by atoms with Crippen molar-refractivity contribution in [3.05, 3.63) is 12.2 Å². The van der Waals surface area contributed by atoms with E-state index in [0.717, 1.165) is 12.5 Å². The summed E-state index contributed by atoms with van der Waals surface area (Å²) in [5.74, 6) is -0.297. The number of carbonyl (C=O) groups excluding carboxylic acids is 1. The van der Waals surface area contributed by atoms with Crippen LogP contribution in [0.1, 0.15) is 20.8 Å². The molecule has 0 fully saturated rings. The van der Waals surface area contributed by atoms with Gasteiger partial charge in [-0.05, 0) is 19.4 Å². The van der Waals surface area contributed by atoms with Gasteiger partial charge < -0.3 is 9.16 Å². The third-order valence-electron chi connectivity index (χ3n) is 1.32. The summed E-state index contributed by atoms with van der Waals surface area (Å²) in [6.07, 6.45) is 0.902.